The quantitative estimate of drug-likeness (QED) is 0.939. The molecule has 0 spiro atoms. The second kappa shape index (κ2) is 5.69. The number of aromatic nitrogens is 3. The monoisotopic (exact) mass is 284 g/mol. The molecule has 2 aromatic heterocycles. The van der Waals surface area contributed by atoms with Crippen LogP contribution in [0.1, 0.15) is 24.2 Å². The van der Waals surface area contributed by atoms with E-state index >= 15 is 0 Å². The number of hydrogen-bond acceptors (Lipinski definition) is 3. The standard InChI is InChI=1S/C12H14Cl2N4/c1-3-16-11(8-4-5-15-6-9(8)13)12-10(14)7-17-18(12)2/h4-7,11,16H,3H2,1-2H3. The summed E-state index contributed by atoms with van der Waals surface area (Å²) in [6.45, 7) is 2.83. The van der Waals surface area contributed by atoms with Crippen LogP contribution < -0.4 is 5.32 Å². The van der Waals surface area contributed by atoms with Crippen molar-refractivity contribution in [3.63, 3.8) is 0 Å². The van der Waals surface area contributed by atoms with E-state index in [2.05, 4.69) is 15.4 Å². The van der Waals surface area contributed by atoms with Crippen LogP contribution >= 0.6 is 23.2 Å². The zero-order valence-corrected chi connectivity index (χ0v) is 11.7. The Bertz CT molecular complexity index is 519. The van der Waals surface area contributed by atoms with Gasteiger partial charge in [0.2, 0.25) is 0 Å². The van der Waals surface area contributed by atoms with Crippen molar-refractivity contribution in [3.05, 3.63) is 46.0 Å². The van der Waals surface area contributed by atoms with E-state index in [0.29, 0.717) is 10.0 Å². The lowest BCUT2D eigenvalue weighted by molar-refractivity contribution is 0.572. The minimum Gasteiger partial charge on any atom is -0.305 e. The summed E-state index contributed by atoms with van der Waals surface area (Å²) in [6, 6.07) is 1.80. The summed E-state index contributed by atoms with van der Waals surface area (Å²) in [5, 5.41) is 8.76. The Balaban J connectivity index is 2.50. The van der Waals surface area contributed by atoms with Crippen LogP contribution in [0.4, 0.5) is 0 Å². The second-order valence-corrected chi connectivity index (χ2v) is 4.70. The van der Waals surface area contributed by atoms with Gasteiger partial charge in [-0.3, -0.25) is 9.67 Å². The Kier molecular flexibility index (Phi) is 4.22. The van der Waals surface area contributed by atoms with Crippen molar-refractivity contribution in [3.8, 4) is 0 Å². The first-order valence-electron chi connectivity index (χ1n) is 5.65. The first kappa shape index (κ1) is 13.3. The fraction of sp³-hybridized carbons (Fsp3) is 0.333. The lowest BCUT2D eigenvalue weighted by Crippen LogP contribution is -2.25. The highest BCUT2D eigenvalue weighted by Gasteiger charge is 2.22. The van der Waals surface area contributed by atoms with Gasteiger partial charge in [-0.15, -0.1) is 0 Å². The van der Waals surface area contributed by atoms with Crippen LogP contribution in [-0.4, -0.2) is 21.3 Å². The van der Waals surface area contributed by atoms with Crippen LogP contribution in [0.15, 0.2) is 24.7 Å². The maximum absolute atomic E-state index is 6.20. The molecular weight excluding hydrogens is 271 g/mol. The number of pyridine rings is 1. The van der Waals surface area contributed by atoms with Gasteiger partial charge in [0.25, 0.3) is 0 Å². The molecule has 0 amide bonds. The average Bonchev–Trinajstić information content (AvgIpc) is 2.68. The van der Waals surface area contributed by atoms with E-state index < -0.39 is 0 Å². The van der Waals surface area contributed by atoms with Crippen LogP contribution in [0.25, 0.3) is 0 Å². The van der Waals surface area contributed by atoms with Crippen LogP contribution in [-0.2, 0) is 7.05 Å². The van der Waals surface area contributed by atoms with Crippen LogP contribution in [0.2, 0.25) is 10.0 Å². The summed E-state index contributed by atoms with van der Waals surface area (Å²) in [6.07, 6.45) is 4.98. The topological polar surface area (TPSA) is 42.7 Å². The number of rotatable bonds is 4. The van der Waals surface area contributed by atoms with E-state index in [1.807, 2.05) is 20.0 Å². The van der Waals surface area contributed by atoms with Crippen LogP contribution in [0.3, 0.4) is 0 Å². The van der Waals surface area contributed by atoms with Gasteiger partial charge in [-0.1, -0.05) is 30.1 Å². The minimum absolute atomic E-state index is 0.0921. The number of hydrogen-bond donors (Lipinski definition) is 1. The Morgan fingerprint density at radius 1 is 1.33 bits per heavy atom. The lowest BCUT2D eigenvalue weighted by atomic mass is 10.0. The molecule has 0 aromatic carbocycles. The zero-order valence-electron chi connectivity index (χ0n) is 10.2. The molecular formula is C12H14Cl2N4. The number of nitrogens with zero attached hydrogens (tertiary/aromatic N) is 3. The summed E-state index contributed by atoms with van der Waals surface area (Å²) in [4.78, 5) is 4.00. The predicted octanol–water partition coefficient (Wildman–Crippen LogP) is 2.82. The molecule has 2 aromatic rings. The average molecular weight is 285 g/mol. The van der Waals surface area contributed by atoms with E-state index in [-0.39, 0.29) is 6.04 Å². The molecule has 2 rings (SSSR count). The van der Waals surface area contributed by atoms with Gasteiger partial charge in [-0.05, 0) is 18.2 Å². The van der Waals surface area contributed by atoms with Crippen molar-refractivity contribution in [2.75, 3.05) is 6.54 Å². The Morgan fingerprint density at radius 3 is 2.67 bits per heavy atom. The third kappa shape index (κ3) is 2.51. The number of aryl methyl sites for hydroxylation is 1. The fourth-order valence-corrected chi connectivity index (χ4v) is 2.43. The molecule has 0 aliphatic carbocycles. The van der Waals surface area contributed by atoms with Crippen molar-refractivity contribution in [1.82, 2.24) is 20.1 Å². The van der Waals surface area contributed by atoms with Gasteiger partial charge in [0.15, 0.2) is 0 Å². The molecule has 0 bridgehead atoms. The highest BCUT2D eigenvalue weighted by atomic mass is 35.5. The first-order valence-corrected chi connectivity index (χ1v) is 6.41. The van der Waals surface area contributed by atoms with E-state index in [4.69, 9.17) is 23.2 Å². The Morgan fingerprint density at radius 2 is 2.11 bits per heavy atom. The van der Waals surface area contributed by atoms with E-state index in [9.17, 15) is 0 Å². The molecule has 2 heterocycles. The highest BCUT2D eigenvalue weighted by Crippen LogP contribution is 2.31. The largest absolute Gasteiger partial charge is 0.305 e. The Labute approximate surface area is 116 Å². The van der Waals surface area contributed by atoms with Crippen molar-refractivity contribution < 1.29 is 0 Å². The summed E-state index contributed by atoms with van der Waals surface area (Å²) in [5.74, 6) is 0. The van der Waals surface area contributed by atoms with Gasteiger partial charge < -0.3 is 5.32 Å². The SMILES string of the molecule is CCNC(c1ccncc1Cl)c1c(Cl)cnn1C. The van der Waals surface area contributed by atoms with Crippen molar-refractivity contribution in [2.24, 2.45) is 7.05 Å². The number of nitrogens with one attached hydrogen (secondary N) is 1. The molecule has 96 valence electrons. The summed E-state index contributed by atoms with van der Waals surface area (Å²) in [5.41, 5.74) is 1.84. The molecule has 1 unspecified atom stereocenters. The molecule has 0 saturated heterocycles. The van der Waals surface area contributed by atoms with Gasteiger partial charge in [-0.2, -0.15) is 5.10 Å². The maximum atomic E-state index is 6.20. The third-order valence-corrected chi connectivity index (χ3v) is 3.34. The number of halogens is 2. The fourth-order valence-electron chi connectivity index (χ4n) is 1.92. The van der Waals surface area contributed by atoms with Gasteiger partial charge in [0.05, 0.1) is 28.0 Å². The van der Waals surface area contributed by atoms with Crippen molar-refractivity contribution in [1.29, 1.82) is 0 Å². The molecule has 0 aliphatic heterocycles. The maximum Gasteiger partial charge on any atom is 0.0837 e. The first-order chi connectivity index (χ1) is 8.65. The second-order valence-electron chi connectivity index (χ2n) is 3.89. The molecule has 18 heavy (non-hydrogen) atoms. The van der Waals surface area contributed by atoms with Crippen LogP contribution in [0.5, 0.6) is 0 Å². The van der Waals surface area contributed by atoms with E-state index in [1.165, 1.54) is 0 Å². The summed E-state index contributed by atoms with van der Waals surface area (Å²) < 4.78 is 1.76. The third-order valence-electron chi connectivity index (χ3n) is 2.73. The normalized spacial score (nSPS) is 12.7. The smallest absolute Gasteiger partial charge is 0.0837 e. The molecule has 1 atom stereocenters. The van der Waals surface area contributed by atoms with E-state index in [1.54, 1.807) is 23.3 Å². The molecule has 0 fully saturated rings. The molecule has 1 N–H and O–H groups in total. The van der Waals surface area contributed by atoms with E-state index in [0.717, 1.165) is 17.8 Å². The molecule has 6 heteroatoms. The Hall–Kier alpha value is -1.10. The molecule has 0 aliphatic rings. The van der Waals surface area contributed by atoms with Crippen LogP contribution in [0, 0.1) is 0 Å². The zero-order chi connectivity index (χ0) is 13.1. The lowest BCUT2D eigenvalue weighted by Gasteiger charge is -2.20. The van der Waals surface area contributed by atoms with Crippen molar-refractivity contribution in [2.45, 2.75) is 13.0 Å². The predicted molar refractivity (Wildman–Crippen MR) is 73.0 cm³/mol. The molecule has 0 radical (unpaired) electrons. The van der Waals surface area contributed by atoms with Crippen molar-refractivity contribution >= 4 is 23.2 Å². The molecule has 0 saturated carbocycles. The molecule has 4 nitrogen and oxygen atoms in total. The van der Waals surface area contributed by atoms with Gasteiger partial charge >= 0.3 is 0 Å². The van der Waals surface area contributed by atoms with Gasteiger partial charge in [0, 0.05) is 19.4 Å². The minimum atomic E-state index is -0.0921. The summed E-state index contributed by atoms with van der Waals surface area (Å²) in [7, 11) is 1.86. The summed E-state index contributed by atoms with van der Waals surface area (Å²) >= 11 is 12.4. The van der Waals surface area contributed by atoms with Gasteiger partial charge in [0.1, 0.15) is 0 Å². The highest BCUT2D eigenvalue weighted by molar-refractivity contribution is 6.32. The van der Waals surface area contributed by atoms with Gasteiger partial charge in [-0.25, -0.2) is 0 Å².